The second-order valence-corrected chi connectivity index (χ2v) is 4.32. The van der Waals surface area contributed by atoms with Crippen LogP contribution in [0.4, 0.5) is 0 Å². The largest absolute Gasteiger partial charge is 0.347 e. The Labute approximate surface area is 111 Å². The van der Waals surface area contributed by atoms with Gasteiger partial charge in [0, 0.05) is 5.56 Å². The van der Waals surface area contributed by atoms with Crippen LogP contribution < -0.4 is 16.2 Å². The van der Waals surface area contributed by atoms with Gasteiger partial charge in [0.05, 0.1) is 0 Å². The predicted molar refractivity (Wildman–Crippen MR) is 69.9 cm³/mol. The third kappa shape index (κ3) is 4.42. The number of nitrogens with one attached hydrogen (secondary N) is 3. The van der Waals surface area contributed by atoms with Crippen LogP contribution >= 0.6 is 0 Å². The second-order valence-electron chi connectivity index (χ2n) is 4.32. The Morgan fingerprint density at radius 1 is 1.11 bits per heavy atom. The van der Waals surface area contributed by atoms with E-state index in [0.29, 0.717) is 12.0 Å². The number of hydrogen-bond donors (Lipinski definition) is 3. The molecule has 0 radical (unpaired) electrons. The maximum atomic E-state index is 11.8. The van der Waals surface area contributed by atoms with Crippen LogP contribution in [0.1, 0.15) is 24.2 Å². The lowest BCUT2D eigenvalue weighted by Crippen LogP contribution is -2.52. The molecule has 0 aliphatic heterocycles. The minimum atomic E-state index is -0.687. The van der Waals surface area contributed by atoms with Gasteiger partial charge in [0.15, 0.2) is 0 Å². The molecule has 0 aliphatic rings. The summed E-state index contributed by atoms with van der Waals surface area (Å²) in [6, 6.07) is 7.81. The van der Waals surface area contributed by atoms with E-state index in [9.17, 15) is 14.4 Å². The number of rotatable bonds is 5. The van der Waals surface area contributed by atoms with Gasteiger partial charge in [0.25, 0.3) is 11.8 Å². The molecule has 6 heteroatoms. The zero-order valence-corrected chi connectivity index (χ0v) is 10.8. The van der Waals surface area contributed by atoms with Gasteiger partial charge in [-0.2, -0.15) is 0 Å². The average Bonchev–Trinajstić information content (AvgIpc) is 2.42. The van der Waals surface area contributed by atoms with E-state index < -0.39 is 17.9 Å². The third-order valence-electron chi connectivity index (χ3n) is 2.53. The number of carbonyl (C=O) groups excluding carboxylic acids is 3. The van der Waals surface area contributed by atoms with Gasteiger partial charge in [-0.05, 0) is 18.1 Å². The fourth-order valence-electron chi connectivity index (χ4n) is 1.50. The fourth-order valence-corrected chi connectivity index (χ4v) is 1.50. The lowest BCUT2D eigenvalue weighted by atomic mass is 10.0. The van der Waals surface area contributed by atoms with Crippen LogP contribution in [-0.4, -0.2) is 24.3 Å². The zero-order chi connectivity index (χ0) is 14.3. The van der Waals surface area contributed by atoms with Crippen molar-refractivity contribution in [3.8, 4) is 0 Å². The van der Waals surface area contributed by atoms with E-state index in [1.165, 1.54) is 0 Å². The Kier molecular flexibility index (Phi) is 5.53. The molecule has 3 amide bonds. The summed E-state index contributed by atoms with van der Waals surface area (Å²) in [6.07, 6.45) is 0.462. The van der Waals surface area contributed by atoms with Crippen molar-refractivity contribution in [3.63, 3.8) is 0 Å². The molecule has 0 bridgehead atoms. The van der Waals surface area contributed by atoms with E-state index in [1.807, 2.05) is 0 Å². The molecule has 1 aromatic carbocycles. The maximum Gasteiger partial charge on any atom is 0.269 e. The summed E-state index contributed by atoms with van der Waals surface area (Å²) >= 11 is 0. The van der Waals surface area contributed by atoms with Gasteiger partial charge in [0.1, 0.15) is 6.04 Å². The number of amides is 3. The first-order chi connectivity index (χ1) is 9.06. The van der Waals surface area contributed by atoms with Crippen molar-refractivity contribution < 1.29 is 14.4 Å². The average molecular weight is 263 g/mol. The molecule has 0 saturated heterocycles. The molecule has 3 N–H and O–H groups in total. The Morgan fingerprint density at radius 3 is 2.26 bits per heavy atom. The molecule has 0 heterocycles. The minimum absolute atomic E-state index is 0.0844. The molecular weight excluding hydrogens is 246 g/mol. The summed E-state index contributed by atoms with van der Waals surface area (Å²) in [6.45, 7) is 3.58. The standard InChI is InChI=1S/C13H17N3O3/c1-9(2)11(14-8-17)13(19)16-15-12(18)10-6-4-3-5-7-10/h3-9,11H,1-2H3,(H,14,17)(H,15,18)(H,16,19). The molecule has 0 aromatic heterocycles. The van der Waals surface area contributed by atoms with Crippen molar-refractivity contribution in [3.05, 3.63) is 35.9 Å². The van der Waals surface area contributed by atoms with Gasteiger partial charge in [-0.15, -0.1) is 0 Å². The van der Waals surface area contributed by atoms with E-state index in [4.69, 9.17) is 0 Å². The molecule has 1 atom stereocenters. The molecule has 0 aliphatic carbocycles. The molecule has 6 nitrogen and oxygen atoms in total. The van der Waals surface area contributed by atoms with Crippen molar-refractivity contribution in [2.75, 3.05) is 0 Å². The summed E-state index contributed by atoms with van der Waals surface area (Å²) in [7, 11) is 0. The van der Waals surface area contributed by atoms with Crippen LogP contribution in [-0.2, 0) is 9.59 Å². The monoisotopic (exact) mass is 263 g/mol. The SMILES string of the molecule is CC(C)C(NC=O)C(=O)NNC(=O)c1ccccc1. The highest BCUT2D eigenvalue weighted by Gasteiger charge is 2.21. The lowest BCUT2D eigenvalue weighted by Gasteiger charge is -2.19. The highest BCUT2D eigenvalue weighted by molar-refractivity contribution is 5.96. The van der Waals surface area contributed by atoms with Crippen LogP contribution in [0.3, 0.4) is 0 Å². The molecule has 0 saturated carbocycles. The zero-order valence-electron chi connectivity index (χ0n) is 10.8. The van der Waals surface area contributed by atoms with Gasteiger partial charge < -0.3 is 5.32 Å². The topological polar surface area (TPSA) is 87.3 Å². The number of hydrazine groups is 1. The summed E-state index contributed by atoms with van der Waals surface area (Å²) in [5, 5.41) is 2.40. The third-order valence-corrected chi connectivity index (χ3v) is 2.53. The number of carbonyl (C=O) groups is 3. The van der Waals surface area contributed by atoms with Crippen molar-refractivity contribution in [1.82, 2.24) is 16.2 Å². The Hall–Kier alpha value is -2.37. The smallest absolute Gasteiger partial charge is 0.269 e. The highest BCUT2D eigenvalue weighted by Crippen LogP contribution is 2.01. The summed E-state index contributed by atoms with van der Waals surface area (Å²) in [4.78, 5) is 33.9. The molecule has 0 spiro atoms. The van der Waals surface area contributed by atoms with Crippen LogP contribution in [0.5, 0.6) is 0 Å². The van der Waals surface area contributed by atoms with Crippen molar-refractivity contribution >= 4 is 18.2 Å². The van der Waals surface area contributed by atoms with E-state index in [1.54, 1.807) is 44.2 Å². The maximum absolute atomic E-state index is 11.8. The number of benzene rings is 1. The molecule has 1 rings (SSSR count). The first kappa shape index (κ1) is 14.7. The van der Waals surface area contributed by atoms with Crippen molar-refractivity contribution in [2.24, 2.45) is 5.92 Å². The highest BCUT2D eigenvalue weighted by atomic mass is 16.2. The molecule has 19 heavy (non-hydrogen) atoms. The van der Waals surface area contributed by atoms with Crippen LogP contribution in [0.25, 0.3) is 0 Å². The van der Waals surface area contributed by atoms with Gasteiger partial charge in [0.2, 0.25) is 6.41 Å². The van der Waals surface area contributed by atoms with E-state index in [0.717, 1.165) is 0 Å². The second kappa shape index (κ2) is 7.15. The van der Waals surface area contributed by atoms with E-state index in [2.05, 4.69) is 16.2 Å². The number of hydrogen-bond acceptors (Lipinski definition) is 3. The normalized spacial score (nSPS) is 11.5. The Morgan fingerprint density at radius 2 is 1.74 bits per heavy atom. The van der Waals surface area contributed by atoms with Gasteiger partial charge >= 0.3 is 0 Å². The van der Waals surface area contributed by atoms with Crippen molar-refractivity contribution in [1.29, 1.82) is 0 Å². The van der Waals surface area contributed by atoms with Crippen molar-refractivity contribution in [2.45, 2.75) is 19.9 Å². The van der Waals surface area contributed by atoms with Gasteiger partial charge in [-0.3, -0.25) is 25.2 Å². The summed E-state index contributed by atoms with van der Waals surface area (Å²) in [5.41, 5.74) is 5.02. The first-order valence-corrected chi connectivity index (χ1v) is 5.91. The summed E-state index contributed by atoms with van der Waals surface area (Å²) < 4.78 is 0. The molecule has 1 unspecified atom stereocenters. The van der Waals surface area contributed by atoms with Crippen LogP contribution in [0.15, 0.2) is 30.3 Å². The Balaban J connectivity index is 2.54. The van der Waals surface area contributed by atoms with E-state index in [-0.39, 0.29) is 5.92 Å². The molecule has 0 fully saturated rings. The predicted octanol–water partition coefficient (Wildman–Crippen LogP) is 0.218. The fraction of sp³-hybridized carbons (Fsp3) is 0.308. The molecule has 102 valence electrons. The quantitative estimate of drug-likeness (QED) is 0.524. The van der Waals surface area contributed by atoms with Crippen LogP contribution in [0.2, 0.25) is 0 Å². The molecular formula is C13H17N3O3. The Bertz CT molecular complexity index is 446. The minimum Gasteiger partial charge on any atom is -0.347 e. The van der Waals surface area contributed by atoms with E-state index >= 15 is 0 Å². The van der Waals surface area contributed by atoms with Crippen LogP contribution in [0, 0.1) is 5.92 Å². The van der Waals surface area contributed by atoms with Gasteiger partial charge in [-0.25, -0.2) is 0 Å². The lowest BCUT2D eigenvalue weighted by molar-refractivity contribution is -0.127. The molecule has 1 aromatic rings. The van der Waals surface area contributed by atoms with Gasteiger partial charge in [-0.1, -0.05) is 32.0 Å². The first-order valence-electron chi connectivity index (χ1n) is 5.91. The summed E-state index contributed by atoms with van der Waals surface area (Å²) in [5.74, 6) is -0.965.